The van der Waals surface area contributed by atoms with E-state index in [9.17, 15) is 4.79 Å². The maximum Gasteiger partial charge on any atom is 0.345 e. The summed E-state index contributed by atoms with van der Waals surface area (Å²) in [5, 5.41) is 0. The molecule has 3 N–H and O–H groups in total. The van der Waals surface area contributed by atoms with Crippen molar-refractivity contribution in [1.29, 1.82) is 0 Å². The van der Waals surface area contributed by atoms with E-state index in [0.29, 0.717) is 11.4 Å². The summed E-state index contributed by atoms with van der Waals surface area (Å²) >= 11 is 0. The van der Waals surface area contributed by atoms with Gasteiger partial charge in [0, 0.05) is 16.9 Å². The molecule has 0 unspecified atom stereocenters. The first-order valence-electron chi connectivity index (χ1n) is 5.01. The molecule has 2 aromatic rings. The summed E-state index contributed by atoms with van der Waals surface area (Å²) < 4.78 is 0. The largest absolute Gasteiger partial charge is 0.398 e. The average molecular weight is 215 g/mol. The molecule has 16 heavy (non-hydrogen) atoms. The highest BCUT2D eigenvalue weighted by Gasteiger charge is 2.03. The molecule has 0 fully saturated rings. The summed E-state index contributed by atoms with van der Waals surface area (Å²) in [5.74, 6) is 0. The maximum absolute atomic E-state index is 11.2. The number of aromatic amines is 1. The normalized spacial score (nSPS) is 10.4. The SMILES string of the molecule is Cc1cc(-c2ccc(C)c(N)c2)nc(=O)[nH]1. The van der Waals surface area contributed by atoms with Gasteiger partial charge in [-0.25, -0.2) is 4.79 Å². The first-order valence-corrected chi connectivity index (χ1v) is 5.01. The van der Waals surface area contributed by atoms with Crippen molar-refractivity contribution in [2.24, 2.45) is 0 Å². The van der Waals surface area contributed by atoms with Gasteiger partial charge in [-0.1, -0.05) is 12.1 Å². The smallest absolute Gasteiger partial charge is 0.345 e. The van der Waals surface area contributed by atoms with Crippen molar-refractivity contribution < 1.29 is 0 Å². The van der Waals surface area contributed by atoms with Gasteiger partial charge in [0.1, 0.15) is 0 Å². The Morgan fingerprint density at radius 2 is 2.00 bits per heavy atom. The summed E-state index contributed by atoms with van der Waals surface area (Å²) in [5.41, 5.74) is 9.50. The van der Waals surface area contributed by atoms with Crippen molar-refractivity contribution in [2.45, 2.75) is 13.8 Å². The van der Waals surface area contributed by atoms with Crippen LogP contribution in [0.4, 0.5) is 5.69 Å². The number of benzene rings is 1. The lowest BCUT2D eigenvalue weighted by Crippen LogP contribution is -2.12. The van der Waals surface area contributed by atoms with Crippen molar-refractivity contribution in [3.05, 3.63) is 46.0 Å². The van der Waals surface area contributed by atoms with Crippen LogP contribution in [0.15, 0.2) is 29.1 Å². The molecule has 1 aromatic carbocycles. The molecule has 0 radical (unpaired) electrons. The monoisotopic (exact) mass is 215 g/mol. The van der Waals surface area contributed by atoms with Gasteiger partial charge >= 0.3 is 5.69 Å². The second-order valence-corrected chi connectivity index (χ2v) is 3.83. The van der Waals surface area contributed by atoms with Crippen molar-refractivity contribution in [3.63, 3.8) is 0 Å². The Kier molecular flexibility index (Phi) is 2.48. The van der Waals surface area contributed by atoms with E-state index in [1.165, 1.54) is 0 Å². The van der Waals surface area contributed by atoms with Crippen LogP contribution in [0.25, 0.3) is 11.3 Å². The van der Waals surface area contributed by atoms with E-state index in [1.807, 2.05) is 38.1 Å². The lowest BCUT2D eigenvalue weighted by Gasteiger charge is -2.04. The number of rotatable bonds is 1. The number of nitrogens with one attached hydrogen (secondary N) is 1. The van der Waals surface area contributed by atoms with Gasteiger partial charge < -0.3 is 10.7 Å². The molecule has 0 aliphatic heterocycles. The number of nitrogens with zero attached hydrogens (tertiary/aromatic N) is 1. The highest BCUT2D eigenvalue weighted by atomic mass is 16.1. The Bertz CT molecular complexity index is 587. The average Bonchev–Trinajstić information content (AvgIpc) is 2.20. The van der Waals surface area contributed by atoms with E-state index in [0.717, 1.165) is 16.8 Å². The highest BCUT2D eigenvalue weighted by Crippen LogP contribution is 2.21. The maximum atomic E-state index is 11.2. The van der Waals surface area contributed by atoms with Crippen LogP contribution in [0, 0.1) is 13.8 Å². The topological polar surface area (TPSA) is 71.8 Å². The molecule has 0 bridgehead atoms. The Balaban J connectivity index is 2.58. The van der Waals surface area contributed by atoms with Gasteiger partial charge in [0.25, 0.3) is 0 Å². The standard InChI is InChI=1S/C12H13N3O/c1-7-3-4-9(6-10(7)13)11-5-8(2)14-12(16)15-11/h3-6H,13H2,1-2H3,(H,14,15,16). The molecule has 1 aromatic heterocycles. The van der Waals surface area contributed by atoms with E-state index in [1.54, 1.807) is 0 Å². The first-order chi connectivity index (χ1) is 7.56. The number of aryl methyl sites for hydroxylation is 2. The highest BCUT2D eigenvalue weighted by molar-refractivity contribution is 5.65. The summed E-state index contributed by atoms with van der Waals surface area (Å²) in [6.45, 7) is 3.76. The second-order valence-electron chi connectivity index (χ2n) is 3.83. The van der Waals surface area contributed by atoms with Gasteiger partial charge in [-0.15, -0.1) is 0 Å². The molecule has 0 saturated heterocycles. The number of nitrogen functional groups attached to an aromatic ring is 1. The Labute approximate surface area is 93.2 Å². The number of nitrogens with two attached hydrogens (primary N) is 1. The van der Waals surface area contributed by atoms with Crippen LogP contribution in [-0.4, -0.2) is 9.97 Å². The zero-order valence-corrected chi connectivity index (χ0v) is 9.24. The van der Waals surface area contributed by atoms with Gasteiger partial charge in [-0.3, -0.25) is 0 Å². The number of anilines is 1. The van der Waals surface area contributed by atoms with Crippen molar-refractivity contribution in [2.75, 3.05) is 5.73 Å². The fourth-order valence-corrected chi connectivity index (χ4v) is 1.53. The molecule has 4 heteroatoms. The zero-order chi connectivity index (χ0) is 11.7. The zero-order valence-electron chi connectivity index (χ0n) is 9.24. The van der Waals surface area contributed by atoms with E-state index in [2.05, 4.69) is 9.97 Å². The molecule has 0 atom stereocenters. The number of hydrogen-bond donors (Lipinski definition) is 2. The van der Waals surface area contributed by atoms with Gasteiger partial charge in [-0.2, -0.15) is 4.98 Å². The third-order valence-corrected chi connectivity index (χ3v) is 2.45. The van der Waals surface area contributed by atoms with Crippen LogP contribution < -0.4 is 11.4 Å². The van der Waals surface area contributed by atoms with Crippen LogP contribution in [0.5, 0.6) is 0 Å². The van der Waals surface area contributed by atoms with Gasteiger partial charge in [0.2, 0.25) is 0 Å². The Morgan fingerprint density at radius 1 is 1.25 bits per heavy atom. The molecule has 82 valence electrons. The fourth-order valence-electron chi connectivity index (χ4n) is 1.53. The summed E-state index contributed by atoms with van der Waals surface area (Å²) in [6.07, 6.45) is 0. The number of H-pyrrole nitrogens is 1. The molecule has 2 rings (SSSR count). The molecule has 0 spiro atoms. The van der Waals surface area contributed by atoms with Crippen LogP contribution in [0.3, 0.4) is 0 Å². The first kappa shape index (κ1) is 10.4. The Morgan fingerprint density at radius 3 is 2.62 bits per heavy atom. The summed E-state index contributed by atoms with van der Waals surface area (Å²) in [4.78, 5) is 17.8. The lowest BCUT2D eigenvalue weighted by molar-refractivity contribution is 1.03. The van der Waals surface area contributed by atoms with E-state index in [4.69, 9.17) is 5.73 Å². The Hall–Kier alpha value is -2.10. The van der Waals surface area contributed by atoms with Crippen LogP contribution in [0.2, 0.25) is 0 Å². The van der Waals surface area contributed by atoms with E-state index < -0.39 is 0 Å². The van der Waals surface area contributed by atoms with Crippen LogP contribution >= 0.6 is 0 Å². The summed E-state index contributed by atoms with van der Waals surface area (Å²) in [7, 11) is 0. The fraction of sp³-hybridized carbons (Fsp3) is 0.167. The van der Waals surface area contributed by atoms with Crippen molar-refractivity contribution in [3.8, 4) is 11.3 Å². The molecule has 1 heterocycles. The van der Waals surface area contributed by atoms with Gasteiger partial charge in [0.15, 0.2) is 0 Å². The van der Waals surface area contributed by atoms with Gasteiger partial charge in [-0.05, 0) is 31.5 Å². The molecule has 0 aliphatic carbocycles. The third kappa shape index (κ3) is 1.95. The van der Waals surface area contributed by atoms with Gasteiger partial charge in [0.05, 0.1) is 5.69 Å². The minimum atomic E-state index is -0.339. The minimum Gasteiger partial charge on any atom is -0.398 e. The van der Waals surface area contributed by atoms with Crippen LogP contribution in [0.1, 0.15) is 11.3 Å². The lowest BCUT2D eigenvalue weighted by atomic mass is 10.1. The van der Waals surface area contributed by atoms with Crippen molar-refractivity contribution >= 4 is 5.69 Å². The van der Waals surface area contributed by atoms with Crippen molar-refractivity contribution in [1.82, 2.24) is 9.97 Å². The third-order valence-electron chi connectivity index (χ3n) is 2.45. The minimum absolute atomic E-state index is 0.339. The quantitative estimate of drug-likeness (QED) is 0.710. The summed E-state index contributed by atoms with van der Waals surface area (Å²) in [6, 6.07) is 7.48. The number of aromatic nitrogens is 2. The number of hydrogen-bond acceptors (Lipinski definition) is 3. The molecule has 0 amide bonds. The molecule has 0 aliphatic rings. The molecular formula is C12H13N3O. The van der Waals surface area contributed by atoms with Crippen LogP contribution in [-0.2, 0) is 0 Å². The predicted octanol–water partition coefficient (Wildman–Crippen LogP) is 1.64. The molecule has 4 nitrogen and oxygen atoms in total. The van der Waals surface area contributed by atoms with E-state index in [-0.39, 0.29) is 5.69 Å². The second kappa shape index (κ2) is 3.81. The predicted molar refractivity (Wildman–Crippen MR) is 64.2 cm³/mol. The van der Waals surface area contributed by atoms with E-state index >= 15 is 0 Å². The molecule has 0 saturated carbocycles. The molecular weight excluding hydrogens is 202 g/mol.